The van der Waals surface area contributed by atoms with E-state index in [2.05, 4.69) is 40.7 Å². The number of ketones is 1. The van der Waals surface area contributed by atoms with Crippen LogP contribution in [0.1, 0.15) is 98.0 Å². The molecular formula is C35H48O4. The second-order valence-corrected chi connectivity index (χ2v) is 15.2. The normalized spacial score (nSPS) is 47.1. The lowest BCUT2D eigenvalue weighted by Crippen LogP contribution is -2.62. The first-order valence-electron chi connectivity index (χ1n) is 15.6. The molecule has 10 atom stereocenters. The molecule has 39 heavy (non-hydrogen) atoms. The Morgan fingerprint density at radius 1 is 0.923 bits per heavy atom. The minimum absolute atomic E-state index is 0.0302. The summed E-state index contributed by atoms with van der Waals surface area (Å²) < 4.78 is 5.89. The van der Waals surface area contributed by atoms with Crippen molar-refractivity contribution in [3.05, 3.63) is 47.5 Å². The van der Waals surface area contributed by atoms with Gasteiger partial charge in [0.05, 0.1) is 11.5 Å². The number of rotatable bonds is 3. The molecule has 5 aliphatic carbocycles. The molecule has 9 unspecified atom stereocenters. The lowest BCUT2D eigenvalue weighted by atomic mass is 9.38. The van der Waals surface area contributed by atoms with Crippen LogP contribution in [-0.2, 0) is 20.9 Å². The second-order valence-electron chi connectivity index (χ2n) is 15.2. The topological polar surface area (TPSA) is 63.6 Å². The number of hydrogen-bond acceptors (Lipinski definition) is 4. The van der Waals surface area contributed by atoms with Crippen molar-refractivity contribution in [2.75, 3.05) is 0 Å². The molecule has 0 aromatic heterocycles. The van der Waals surface area contributed by atoms with Crippen molar-refractivity contribution in [1.29, 1.82) is 0 Å². The molecular weight excluding hydrogens is 484 g/mol. The fourth-order valence-corrected chi connectivity index (χ4v) is 10.6. The Bertz CT molecular complexity index is 1170. The maximum absolute atomic E-state index is 14.2. The number of aliphatic hydroxyl groups is 1. The Labute approximate surface area is 235 Å². The highest BCUT2D eigenvalue weighted by Gasteiger charge is 2.65. The first-order chi connectivity index (χ1) is 18.4. The van der Waals surface area contributed by atoms with Gasteiger partial charge in [0.25, 0.3) is 0 Å². The van der Waals surface area contributed by atoms with E-state index in [4.69, 9.17) is 4.74 Å². The quantitative estimate of drug-likeness (QED) is 0.415. The summed E-state index contributed by atoms with van der Waals surface area (Å²) in [6, 6.07) is 9.92. The average molecular weight is 533 g/mol. The third-order valence-corrected chi connectivity index (χ3v) is 13.0. The zero-order chi connectivity index (χ0) is 27.8. The summed E-state index contributed by atoms with van der Waals surface area (Å²) in [5, 5.41) is 10.7. The van der Waals surface area contributed by atoms with E-state index >= 15 is 0 Å². The molecule has 0 bridgehead atoms. The third-order valence-electron chi connectivity index (χ3n) is 13.0. The van der Waals surface area contributed by atoms with Crippen molar-refractivity contribution in [1.82, 2.24) is 0 Å². The van der Waals surface area contributed by atoms with Crippen molar-refractivity contribution >= 4 is 11.8 Å². The van der Waals surface area contributed by atoms with Gasteiger partial charge in [-0.25, -0.2) is 0 Å². The molecule has 1 aromatic rings. The summed E-state index contributed by atoms with van der Waals surface area (Å²) in [7, 11) is 0. The number of esters is 1. The molecule has 4 saturated carbocycles. The molecule has 0 radical (unpaired) electrons. The van der Waals surface area contributed by atoms with Crippen LogP contribution in [0.25, 0.3) is 0 Å². The molecule has 0 spiro atoms. The smallest absolute Gasteiger partial charge is 0.312 e. The number of fused-ring (bicyclic) bond motifs is 7. The summed E-state index contributed by atoms with van der Waals surface area (Å²) in [6.07, 6.45) is 10.7. The zero-order valence-electron chi connectivity index (χ0n) is 24.7. The van der Waals surface area contributed by atoms with E-state index in [1.165, 1.54) is 12.0 Å². The number of carbonyl (C=O) groups excluding carboxylic acids is 2. The molecule has 1 N–H and O–H groups in total. The number of allylic oxidation sites excluding steroid dienone is 2. The molecule has 5 aliphatic rings. The number of ether oxygens (including phenoxy) is 1. The third kappa shape index (κ3) is 4.10. The van der Waals surface area contributed by atoms with Crippen molar-refractivity contribution < 1.29 is 19.4 Å². The number of aliphatic hydroxyl groups excluding tert-OH is 1. The fourth-order valence-electron chi connectivity index (χ4n) is 10.6. The van der Waals surface area contributed by atoms with Gasteiger partial charge in [-0.3, -0.25) is 9.59 Å². The van der Waals surface area contributed by atoms with E-state index in [1.807, 2.05) is 30.3 Å². The van der Waals surface area contributed by atoms with E-state index in [1.54, 1.807) is 0 Å². The van der Waals surface area contributed by atoms with Crippen LogP contribution in [0, 0.1) is 51.2 Å². The number of hydrogen-bond donors (Lipinski definition) is 1. The van der Waals surface area contributed by atoms with Crippen molar-refractivity contribution in [3.63, 3.8) is 0 Å². The summed E-state index contributed by atoms with van der Waals surface area (Å²) in [4.78, 5) is 27.8. The molecule has 0 saturated heterocycles. The van der Waals surface area contributed by atoms with Crippen LogP contribution in [-0.4, -0.2) is 23.0 Å². The highest BCUT2D eigenvalue weighted by Crippen LogP contribution is 2.70. The summed E-state index contributed by atoms with van der Waals surface area (Å²) in [5.74, 6) is 1.57. The average Bonchev–Trinajstić information content (AvgIpc) is 2.90. The monoisotopic (exact) mass is 532 g/mol. The van der Waals surface area contributed by atoms with Gasteiger partial charge in [-0.15, -0.1) is 0 Å². The Kier molecular flexibility index (Phi) is 6.49. The predicted octanol–water partition coefficient (Wildman–Crippen LogP) is 7.29. The van der Waals surface area contributed by atoms with Crippen LogP contribution >= 0.6 is 0 Å². The van der Waals surface area contributed by atoms with Crippen LogP contribution in [0.4, 0.5) is 0 Å². The van der Waals surface area contributed by atoms with E-state index < -0.39 is 5.41 Å². The molecule has 212 valence electrons. The molecule has 6 rings (SSSR count). The van der Waals surface area contributed by atoms with Crippen LogP contribution in [0.15, 0.2) is 42.0 Å². The van der Waals surface area contributed by atoms with Gasteiger partial charge in [-0.1, -0.05) is 63.6 Å². The highest BCUT2D eigenvalue weighted by molar-refractivity contribution is 5.95. The minimum Gasteiger partial charge on any atom is -0.460 e. The molecule has 4 heteroatoms. The maximum atomic E-state index is 14.2. The van der Waals surface area contributed by atoms with Gasteiger partial charge in [0.1, 0.15) is 6.61 Å². The molecule has 4 fully saturated rings. The van der Waals surface area contributed by atoms with Crippen LogP contribution in [0.5, 0.6) is 0 Å². The molecule has 1 aromatic carbocycles. The first kappa shape index (κ1) is 27.2. The van der Waals surface area contributed by atoms with Gasteiger partial charge < -0.3 is 9.84 Å². The molecule has 0 amide bonds. The first-order valence-corrected chi connectivity index (χ1v) is 15.6. The SMILES string of the molecule is CC1C(O)CCC2(C)C1CCC1(C)C3CCC4(C)CC[C@](C)(C(=O)OCc5ccccc5)CC4C3=CC(=O)C12. The standard InChI is InChI=1S/C35H48O4/c1-22-25-12-15-35(5)26-11-14-32(2)17-18-33(3,31(38)39-21-23-9-7-6-8-10-23)20-27(32)24(26)19-29(37)30(35)34(25,4)16-13-28(22)36/h6-10,19,22,25-28,30,36H,11-18,20-21H2,1-5H3/t22?,25?,26?,27?,28?,30?,32?,33-,34?,35?/m0/s1. The van der Waals surface area contributed by atoms with Gasteiger partial charge in [0.2, 0.25) is 0 Å². The Balaban J connectivity index is 1.29. The largest absolute Gasteiger partial charge is 0.460 e. The van der Waals surface area contributed by atoms with Crippen LogP contribution < -0.4 is 0 Å². The molecule has 0 heterocycles. The number of carbonyl (C=O) groups is 2. The van der Waals surface area contributed by atoms with Gasteiger partial charge in [0, 0.05) is 5.92 Å². The van der Waals surface area contributed by atoms with Crippen molar-refractivity contribution in [2.45, 2.75) is 105 Å². The Morgan fingerprint density at radius 3 is 2.38 bits per heavy atom. The maximum Gasteiger partial charge on any atom is 0.312 e. The van der Waals surface area contributed by atoms with Gasteiger partial charge >= 0.3 is 5.97 Å². The summed E-state index contributed by atoms with van der Waals surface area (Å²) in [5.41, 5.74) is 1.88. The lowest BCUT2D eigenvalue weighted by molar-refractivity contribution is -0.171. The highest BCUT2D eigenvalue weighted by atomic mass is 16.5. The van der Waals surface area contributed by atoms with Crippen molar-refractivity contribution in [3.8, 4) is 0 Å². The summed E-state index contributed by atoms with van der Waals surface area (Å²) >= 11 is 0. The van der Waals surface area contributed by atoms with E-state index in [9.17, 15) is 14.7 Å². The van der Waals surface area contributed by atoms with Gasteiger partial charge in [0.15, 0.2) is 5.78 Å². The van der Waals surface area contributed by atoms with E-state index in [0.29, 0.717) is 24.2 Å². The van der Waals surface area contributed by atoms with E-state index in [-0.39, 0.29) is 46.1 Å². The van der Waals surface area contributed by atoms with Gasteiger partial charge in [-0.05, 0) is 116 Å². The Morgan fingerprint density at radius 2 is 1.64 bits per heavy atom. The summed E-state index contributed by atoms with van der Waals surface area (Å²) in [6.45, 7) is 11.8. The lowest BCUT2D eigenvalue weighted by Gasteiger charge is -2.65. The Hall–Kier alpha value is -1.94. The van der Waals surface area contributed by atoms with Crippen LogP contribution in [0.3, 0.4) is 0 Å². The molecule has 4 nitrogen and oxygen atoms in total. The zero-order valence-corrected chi connectivity index (χ0v) is 24.7. The second kappa shape index (κ2) is 9.29. The predicted molar refractivity (Wildman–Crippen MR) is 152 cm³/mol. The fraction of sp³-hybridized carbons (Fsp3) is 0.714. The molecule has 0 aliphatic heterocycles. The van der Waals surface area contributed by atoms with Crippen molar-refractivity contribution in [2.24, 2.45) is 51.2 Å². The van der Waals surface area contributed by atoms with Crippen LogP contribution in [0.2, 0.25) is 0 Å². The number of benzene rings is 1. The van der Waals surface area contributed by atoms with Gasteiger partial charge in [-0.2, -0.15) is 0 Å². The van der Waals surface area contributed by atoms with E-state index in [0.717, 1.165) is 56.9 Å². The minimum atomic E-state index is -0.527.